The van der Waals surface area contributed by atoms with Crippen molar-refractivity contribution in [1.29, 1.82) is 0 Å². The van der Waals surface area contributed by atoms with Gasteiger partial charge in [-0.25, -0.2) is 8.78 Å². The monoisotopic (exact) mass is 218 g/mol. The van der Waals surface area contributed by atoms with Crippen LogP contribution in [0.3, 0.4) is 0 Å². The molecule has 1 aliphatic heterocycles. The molecule has 0 saturated carbocycles. The number of hydrogen-bond donors (Lipinski definition) is 0. The van der Waals surface area contributed by atoms with Crippen LogP contribution in [0.1, 0.15) is 6.42 Å². The lowest BCUT2D eigenvalue weighted by Crippen LogP contribution is -2.25. The summed E-state index contributed by atoms with van der Waals surface area (Å²) in [7, 11) is 0. The van der Waals surface area contributed by atoms with Gasteiger partial charge in [0, 0.05) is 25.4 Å². The van der Waals surface area contributed by atoms with E-state index >= 15 is 0 Å². The maximum atomic E-state index is 12.9. The molecular weight excluding hydrogens is 210 g/mol. The largest absolute Gasteiger partial charge is 0.364 e. The third kappa shape index (κ3) is 1.80. The second kappa shape index (κ2) is 3.35. The molecule has 0 spiro atoms. The van der Waals surface area contributed by atoms with Crippen molar-refractivity contribution in [3.8, 4) is 0 Å². The van der Waals surface area contributed by atoms with Gasteiger partial charge in [-0.1, -0.05) is 11.6 Å². The summed E-state index contributed by atoms with van der Waals surface area (Å²) in [4.78, 5) is 5.39. The lowest BCUT2D eigenvalue weighted by Gasteiger charge is -2.18. The summed E-state index contributed by atoms with van der Waals surface area (Å²) in [5.41, 5.74) is 0.638. The standard InChI is InChI=1S/C9H9ClF2N2/c10-7-5-13-3-1-8(7)14-4-2-9(11,12)6-14/h1,3,5H,2,4,6H2. The van der Waals surface area contributed by atoms with Crippen molar-refractivity contribution in [3.05, 3.63) is 23.5 Å². The molecule has 2 nitrogen and oxygen atoms in total. The first kappa shape index (κ1) is 9.65. The van der Waals surface area contributed by atoms with E-state index in [9.17, 15) is 8.78 Å². The Morgan fingerprint density at radius 1 is 1.50 bits per heavy atom. The van der Waals surface area contributed by atoms with Crippen molar-refractivity contribution >= 4 is 17.3 Å². The molecule has 1 saturated heterocycles. The van der Waals surface area contributed by atoms with Gasteiger partial charge in [-0.2, -0.15) is 0 Å². The van der Waals surface area contributed by atoms with Crippen molar-refractivity contribution in [2.45, 2.75) is 12.3 Å². The Morgan fingerprint density at radius 2 is 2.29 bits per heavy atom. The second-order valence-electron chi connectivity index (χ2n) is 3.35. The fourth-order valence-corrected chi connectivity index (χ4v) is 1.80. The van der Waals surface area contributed by atoms with Crippen LogP contribution < -0.4 is 4.90 Å². The third-order valence-electron chi connectivity index (χ3n) is 2.26. The Labute approximate surface area is 85.5 Å². The zero-order chi connectivity index (χ0) is 10.2. The molecule has 2 heterocycles. The van der Waals surface area contributed by atoms with Gasteiger partial charge >= 0.3 is 0 Å². The molecule has 0 N–H and O–H groups in total. The minimum Gasteiger partial charge on any atom is -0.364 e. The van der Waals surface area contributed by atoms with Crippen molar-refractivity contribution in [2.24, 2.45) is 0 Å². The topological polar surface area (TPSA) is 16.1 Å². The average Bonchev–Trinajstić information content (AvgIpc) is 2.47. The lowest BCUT2D eigenvalue weighted by molar-refractivity contribution is 0.0257. The summed E-state index contributed by atoms with van der Waals surface area (Å²) in [5.74, 6) is -2.59. The van der Waals surface area contributed by atoms with Gasteiger partial charge in [0.15, 0.2) is 0 Å². The van der Waals surface area contributed by atoms with E-state index in [0.29, 0.717) is 17.3 Å². The van der Waals surface area contributed by atoms with E-state index in [2.05, 4.69) is 4.98 Å². The zero-order valence-corrected chi connectivity index (χ0v) is 8.14. The predicted octanol–water partition coefficient (Wildman–Crippen LogP) is 2.58. The van der Waals surface area contributed by atoms with Crippen molar-refractivity contribution in [1.82, 2.24) is 4.98 Å². The Kier molecular flexibility index (Phi) is 2.31. The minimum atomic E-state index is -2.59. The molecule has 0 amide bonds. The number of halogens is 3. The van der Waals surface area contributed by atoms with Crippen LogP contribution in [0.25, 0.3) is 0 Å². The summed E-state index contributed by atoms with van der Waals surface area (Å²) in [6.07, 6.45) is 2.91. The molecule has 5 heteroatoms. The van der Waals surface area contributed by atoms with Gasteiger partial charge in [0.1, 0.15) is 0 Å². The quantitative estimate of drug-likeness (QED) is 0.720. The van der Waals surface area contributed by atoms with E-state index in [1.807, 2.05) is 0 Å². The molecule has 1 aliphatic rings. The third-order valence-corrected chi connectivity index (χ3v) is 2.55. The smallest absolute Gasteiger partial charge is 0.266 e. The summed E-state index contributed by atoms with van der Waals surface area (Å²) in [5, 5.41) is 0.421. The molecule has 2 rings (SSSR count). The number of rotatable bonds is 1. The van der Waals surface area contributed by atoms with Gasteiger partial charge < -0.3 is 4.90 Å². The molecule has 1 aromatic heterocycles. The molecule has 0 radical (unpaired) electrons. The number of anilines is 1. The van der Waals surface area contributed by atoms with Crippen LogP contribution in [0.2, 0.25) is 5.02 Å². The SMILES string of the molecule is FC1(F)CCN(c2ccncc2Cl)C1. The number of nitrogens with zero attached hydrogens (tertiary/aromatic N) is 2. The average molecular weight is 219 g/mol. The van der Waals surface area contributed by atoms with Gasteiger partial charge in [0.05, 0.1) is 17.3 Å². The highest BCUT2D eigenvalue weighted by atomic mass is 35.5. The highest BCUT2D eigenvalue weighted by Crippen LogP contribution is 2.33. The summed E-state index contributed by atoms with van der Waals surface area (Å²) < 4.78 is 25.8. The fraction of sp³-hybridized carbons (Fsp3) is 0.444. The molecule has 0 unspecified atom stereocenters. The normalized spacial score (nSPS) is 20.1. The fourth-order valence-electron chi connectivity index (χ4n) is 1.57. The lowest BCUT2D eigenvalue weighted by atomic mass is 10.3. The first-order chi connectivity index (χ1) is 6.58. The van der Waals surface area contributed by atoms with E-state index in [4.69, 9.17) is 11.6 Å². The summed E-state index contributed by atoms with van der Waals surface area (Å²) in [6, 6.07) is 1.66. The maximum Gasteiger partial charge on any atom is 0.266 e. The van der Waals surface area contributed by atoms with Gasteiger partial charge in [-0.15, -0.1) is 0 Å². The number of aromatic nitrogens is 1. The molecule has 1 aromatic rings. The van der Waals surface area contributed by atoms with Crippen LogP contribution in [-0.2, 0) is 0 Å². The minimum absolute atomic E-state index is 0.106. The Bertz CT molecular complexity index is 343. The molecule has 14 heavy (non-hydrogen) atoms. The molecule has 0 aromatic carbocycles. The van der Waals surface area contributed by atoms with Gasteiger partial charge in [0.2, 0.25) is 0 Å². The predicted molar refractivity (Wildman–Crippen MR) is 51.0 cm³/mol. The van der Waals surface area contributed by atoms with Gasteiger partial charge in [-0.3, -0.25) is 4.98 Å². The Balaban J connectivity index is 2.22. The first-order valence-corrected chi connectivity index (χ1v) is 4.69. The Hall–Kier alpha value is -0.900. The van der Waals surface area contributed by atoms with Crippen LogP contribution in [0.15, 0.2) is 18.5 Å². The van der Waals surface area contributed by atoms with E-state index in [-0.39, 0.29) is 13.0 Å². The molecule has 0 bridgehead atoms. The second-order valence-corrected chi connectivity index (χ2v) is 3.76. The first-order valence-electron chi connectivity index (χ1n) is 4.31. The van der Waals surface area contributed by atoms with Crippen LogP contribution in [0.5, 0.6) is 0 Å². The van der Waals surface area contributed by atoms with Crippen LogP contribution in [0.4, 0.5) is 14.5 Å². The van der Waals surface area contributed by atoms with Crippen LogP contribution >= 0.6 is 11.6 Å². The number of pyridine rings is 1. The van der Waals surface area contributed by atoms with Gasteiger partial charge in [-0.05, 0) is 6.07 Å². The van der Waals surface area contributed by atoms with Gasteiger partial charge in [0.25, 0.3) is 5.92 Å². The zero-order valence-electron chi connectivity index (χ0n) is 7.38. The van der Waals surface area contributed by atoms with Crippen LogP contribution in [0, 0.1) is 0 Å². The Morgan fingerprint density at radius 3 is 2.86 bits per heavy atom. The van der Waals surface area contributed by atoms with Crippen molar-refractivity contribution in [3.63, 3.8) is 0 Å². The highest BCUT2D eigenvalue weighted by molar-refractivity contribution is 6.33. The molecular formula is C9H9ClF2N2. The van der Waals surface area contributed by atoms with Crippen LogP contribution in [-0.4, -0.2) is 24.0 Å². The van der Waals surface area contributed by atoms with E-state index in [1.54, 1.807) is 17.2 Å². The number of hydrogen-bond acceptors (Lipinski definition) is 2. The van der Waals surface area contributed by atoms with E-state index in [0.717, 1.165) is 0 Å². The number of alkyl halides is 2. The maximum absolute atomic E-state index is 12.9. The summed E-state index contributed by atoms with van der Waals surface area (Å²) >= 11 is 5.85. The highest BCUT2D eigenvalue weighted by Gasteiger charge is 2.38. The molecule has 76 valence electrons. The van der Waals surface area contributed by atoms with E-state index in [1.165, 1.54) is 6.20 Å². The van der Waals surface area contributed by atoms with E-state index < -0.39 is 5.92 Å². The summed E-state index contributed by atoms with van der Waals surface area (Å²) in [6.45, 7) is 0.0907. The van der Waals surface area contributed by atoms with Crippen molar-refractivity contribution < 1.29 is 8.78 Å². The molecule has 0 atom stereocenters. The van der Waals surface area contributed by atoms with Crippen molar-refractivity contribution in [2.75, 3.05) is 18.0 Å². The molecule has 0 aliphatic carbocycles. The molecule has 1 fully saturated rings.